The Morgan fingerprint density at radius 3 is 2.62 bits per heavy atom. The van der Waals surface area contributed by atoms with Crippen LogP contribution in [0.1, 0.15) is 23.2 Å². The average molecular weight is 517 g/mol. The number of hydrogen-bond donors (Lipinski definition) is 3. The second-order valence-corrected chi connectivity index (χ2v) is 8.64. The molecule has 5 nitrogen and oxygen atoms in total. The largest absolute Gasteiger partial charge is 0.385 e. The first-order valence-corrected chi connectivity index (χ1v) is 10.3. The van der Waals surface area contributed by atoms with Crippen molar-refractivity contribution in [1.29, 1.82) is 0 Å². The molecule has 1 amide bonds. The minimum Gasteiger partial charge on any atom is -0.385 e. The molecule has 2 aromatic carbocycles. The van der Waals surface area contributed by atoms with Crippen LogP contribution in [-0.2, 0) is 0 Å². The number of hydrogen-bond acceptors (Lipinski definition) is 4. The number of halogens is 4. The first-order valence-electron chi connectivity index (χ1n) is 9.24. The van der Waals surface area contributed by atoms with Gasteiger partial charge in [-0.3, -0.25) is 4.79 Å². The van der Waals surface area contributed by atoms with Gasteiger partial charge in [-0.2, -0.15) is 0 Å². The number of benzene rings is 2. The molecule has 2 aromatic rings. The predicted molar refractivity (Wildman–Crippen MR) is 111 cm³/mol. The molecule has 0 aliphatic carbocycles. The Labute approximate surface area is 179 Å². The van der Waals surface area contributed by atoms with Crippen molar-refractivity contribution in [3.05, 3.63) is 56.9 Å². The van der Waals surface area contributed by atoms with Gasteiger partial charge >= 0.3 is 0 Å². The molecule has 0 bridgehead atoms. The SMILES string of the molecule is O=C(c1ccc(F)c(F)c1Nc1ccc(I)cc1F)N1CCC[C@H]1C1(O)CNC1. The van der Waals surface area contributed by atoms with Crippen molar-refractivity contribution in [1.82, 2.24) is 10.2 Å². The van der Waals surface area contributed by atoms with Crippen molar-refractivity contribution >= 4 is 39.9 Å². The van der Waals surface area contributed by atoms with Gasteiger partial charge < -0.3 is 20.6 Å². The molecular formula is C20H19F3IN3O2. The summed E-state index contributed by atoms with van der Waals surface area (Å²) >= 11 is 1.94. The number of β-amino-alcohol motifs (C(OH)–C–C–N with tert-alkyl or cyclic N) is 1. The van der Waals surface area contributed by atoms with E-state index in [1.54, 1.807) is 6.07 Å². The maximum atomic E-state index is 14.6. The van der Waals surface area contributed by atoms with Gasteiger partial charge in [-0.1, -0.05) is 0 Å². The number of likely N-dealkylation sites (tertiary alicyclic amines) is 1. The van der Waals surface area contributed by atoms with Crippen molar-refractivity contribution in [2.75, 3.05) is 25.0 Å². The van der Waals surface area contributed by atoms with Crippen LogP contribution in [0.2, 0.25) is 0 Å². The number of aliphatic hydroxyl groups is 1. The van der Waals surface area contributed by atoms with Gasteiger partial charge in [-0.25, -0.2) is 13.2 Å². The van der Waals surface area contributed by atoms with E-state index in [0.717, 1.165) is 6.07 Å². The van der Waals surface area contributed by atoms with Crippen LogP contribution in [0, 0.1) is 21.0 Å². The highest BCUT2D eigenvalue weighted by Crippen LogP contribution is 2.34. The number of nitrogens with zero attached hydrogens (tertiary/aromatic N) is 1. The molecule has 0 radical (unpaired) electrons. The van der Waals surface area contributed by atoms with E-state index in [-0.39, 0.29) is 11.3 Å². The van der Waals surface area contributed by atoms with E-state index in [2.05, 4.69) is 10.6 Å². The van der Waals surface area contributed by atoms with Crippen LogP contribution in [0.15, 0.2) is 30.3 Å². The van der Waals surface area contributed by atoms with E-state index in [1.807, 2.05) is 22.6 Å². The van der Waals surface area contributed by atoms with Crippen molar-refractivity contribution in [2.24, 2.45) is 0 Å². The quantitative estimate of drug-likeness (QED) is 0.545. The molecule has 154 valence electrons. The third-order valence-electron chi connectivity index (χ3n) is 5.51. The van der Waals surface area contributed by atoms with Crippen LogP contribution in [0.5, 0.6) is 0 Å². The topological polar surface area (TPSA) is 64.6 Å². The summed E-state index contributed by atoms with van der Waals surface area (Å²) in [5, 5.41) is 16.2. The lowest BCUT2D eigenvalue weighted by atomic mass is 9.86. The molecule has 29 heavy (non-hydrogen) atoms. The van der Waals surface area contributed by atoms with Gasteiger partial charge in [-0.05, 0) is 65.8 Å². The third-order valence-corrected chi connectivity index (χ3v) is 6.18. The zero-order valence-electron chi connectivity index (χ0n) is 15.3. The van der Waals surface area contributed by atoms with Crippen molar-refractivity contribution in [3.63, 3.8) is 0 Å². The van der Waals surface area contributed by atoms with Crippen LogP contribution in [0.4, 0.5) is 24.5 Å². The Balaban J connectivity index is 1.70. The molecule has 0 unspecified atom stereocenters. The van der Waals surface area contributed by atoms with Crippen LogP contribution in [-0.4, -0.2) is 47.2 Å². The van der Waals surface area contributed by atoms with Gasteiger partial charge in [0.15, 0.2) is 11.6 Å². The fourth-order valence-electron chi connectivity index (χ4n) is 3.92. The summed E-state index contributed by atoms with van der Waals surface area (Å²) in [6.07, 6.45) is 1.33. The second kappa shape index (κ2) is 7.77. The maximum absolute atomic E-state index is 14.6. The number of amides is 1. The molecule has 3 N–H and O–H groups in total. The highest BCUT2D eigenvalue weighted by Gasteiger charge is 2.48. The van der Waals surface area contributed by atoms with E-state index in [1.165, 1.54) is 23.1 Å². The number of anilines is 2. The zero-order valence-corrected chi connectivity index (χ0v) is 17.5. The monoisotopic (exact) mass is 517 g/mol. The highest BCUT2D eigenvalue weighted by molar-refractivity contribution is 14.1. The molecule has 0 spiro atoms. The third kappa shape index (κ3) is 3.71. The van der Waals surface area contributed by atoms with Gasteiger partial charge in [0.25, 0.3) is 5.91 Å². The molecule has 2 heterocycles. The Morgan fingerprint density at radius 2 is 1.97 bits per heavy atom. The summed E-state index contributed by atoms with van der Waals surface area (Å²) in [6, 6.07) is 5.91. The first-order chi connectivity index (χ1) is 13.8. The molecule has 2 aliphatic heterocycles. The summed E-state index contributed by atoms with van der Waals surface area (Å²) < 4.78 is 43.4. The fraction of sp³-hybridized carbons (Fsp3) is 0.350. The summed E-state index contributed by atoms with van der Waals surface area (Å²) in [6.45, 7) is 1.15. The Morgan fingerprint density at radius 1 is 1.21 bits per heavy atom. The van der Waals surface area contributed by atoms with Crippen LogP contribution < -0.4 is 10.6 Å². The van der Waals surface area contributed by atoms with Gasteiger partial charge in [0.1, 0.15) is 11.4 Å². The molecule has 0 aromatic heterocycles. The van der Waals surface area contributed by atoms with Crippen LogP contribution >= 0.6 is 22.6 Å². The zero-order chi connectivity index (χ0) is 20.8. The predicted octanol–water partition coefficient (Wildman–Crippen LogP) is 3.39. The highest BCUT2D eigenvalue weighted by atomic mass is 127. The Bertz CT molecular complexity index is 968. The number of nitrogens with one attached hydrogen (secondary N) is 2. The summed E-state index contributed by atoms with van der Waals surface area (Å²) in [4.78, 5) is 14.7. The summed E-state index contributed by atoms with van der Waals surface area (Å²) in [5.74, 6) is -3.57. The van der Waals surface area contributed by atoms with E-state index in [0.29, 0.717) is 36.0 Å². The maximum Gasteiger partial charge on any atom is 0.256 e. The van der Waals surface area contributed by atoms with Crippen molar-refractivity contribution < 1.29 is 23.1 Å². The minimum atomic E-state index is -1.26. The summed E-state index contributed by atoms with van der Waals surface area (Å²) in [5.41, 5.74) is -1.62. The molecule has 0 saturated carbocycles. The smallest absolute Gasteiger partial charge is 0.256 e. The van der Waals surface area contributed by atoms with Crippen molar-refractivity contribution in [3.8, 4) is 0 Å². The Kier molecular flexibility index (Phi) is 5.47. The van der Waals surface area contributed by atoms with E-state index in [9.17, 15) is 23.1 Å². The van der Waals surface area contributed by atoms with Gasteiger partial charge in [0.2, 0.25) is 0 Å². The number of carbonyl (C=O) groups excluding carboxylic acids is 1. The molecule has 2 saturated heterocycles. The standard InChI is InChI=1S/C20H19F3IN3O2/c21-13-5-4-12(18(17(13)23)26-15-6-3-11(24)8-14(15)22)19(28)27-7-1-2-16(27)20(29)9-25-10-20/h3-6,8,16,25-26,29H,1-2,7,9-10H2/t16-/m0/s1. The lowest BCUT2D eigenvalue weighted by molar-refractivity contribution is -0.0643. The van der Waals surface area contributed by atoms with Gasteiger partial charge in [0.05, 0.1) is 23.0 Å². The normalized spacial score (nSPS) is 20.4. The minimum absolute atomic E-state index is 0.0660. The molecule has 1 atom stereocenters. The number of rotatable bonds is 4. The molecule has 9 heteroatoms. The second-order valence-electron chi connectivity index (χ2n) is 7.40. The van der Waals surface area contributed by atoms with E-state index < -0.39 is 40.7 Å². The van der Waals surface area contributed by atoms with E-state index in [4.69, 9.17) is 0 Å². The fourth-order valence-corrected chi connectivity index (χ4v) is 4.37. The lowest BCUT2D eigenvalue weighted by Gasteiger charge is -2.45. The lowest BCUT2D eigenvalue weighted by Crippen LogP contribution is -2.69. The molecule has 2 aliphatic rings. The average Bonchev–Trinajstić information content (AvgIpc) is 3.15. The Hall–Kier alpha value is -1.85. The first kappa shape index (κ1) is 20.4. The number of carbonyl (C=O) groups is 1. The molecule has 2 fully saturated rings. The summed E-state index contributed by atoms with van der Waals surface area (Å²) in [7, 11) is 0. The van der Waals surface area contributed by atoms with Gasteiger partial charge in [-0.15, -0.1) is 0 Å². The van der Waals surface area contributed by atoms with Gasteiger partial charge in [0, 0.05) is 23.2 Å². The van der Waals surface area contributed by atoms with Crippen molar-refractivity contribution in [2.45, 2.75) is 24.5 Å². The van der Waals surface area contributed by atoms with Crippen LogP contribution in [0.25, 0.3) is 0 Å². The van der Waals surface area contributed by atoms with E-state index >= 15 is 0 Å². The van der Waals surface area contributed by atoms with Crippen LogP contribution in [0.3, 0.4) is 0 Å². The molecule has 4 rings (SSSR count). The molecular weight excluding hydrogens is 498 g/mol.